The second-order valence-corrected chi connectivity index (χ2v) is 7.45. The van der Waals surface area contributed by atoms with E-state index in [4.69, 9.17) is 0 Å². The van der Waals surface area contributed by atoms with Gasteiger partial charge < -0.3 is 20.2 Å². The van der Waals surface area contributed by atoms with Gasteiger partial charge >= 0.3 is 0 Å². The fourth-order valence-electron chi connectivity index (χ4n) is 4.00. The molecular weight excluding hydrogens is 354 g/mol. The van der Waals surface area contributed by atoms with Gasteiger partial charge in [0.15, 0.2) is 0 Å². The Bertz CT molecular complexity index is 1030. The van der Waals surface area contributed by atoms with Crippen molar-refractivity contribution in [2.45, 2.75) is 52.1 Å². The molecule has 3 aromatic rings. The summed E-state index contributed by atoms with van der Waals surface area (Å²) in [4.78, 5) is 32.2. The van der Waals surface area contributed by atoms with Crippen LogP contribution in [0.4, 0.5) is 5.82 Å². The number of carbonyl (C=O) groups is 2. The number of imidazole rings is 1. The van der Waals surface area contributed by atoms with Crippen molar-refractivity contribution in [3.63, 3.8) is 0 Å². The van der Waals surface area contributed by atoms with Gasteiger partial charge in [0.25, 0.3) is 5.91 Å². The Hall–Kier alpha value is -3.09. The van der Waals surface area contributed by atoms with Crippen LogP contribution < -0.4 is 10.6 Å². The van der Waals surface area contributed by atoms with E-state index in [1.165, 1.54) is 6.92 Å². The lowest BCUT2D eigenvalue weighted by Crippen LogP contribution is -2.32. The van der Waals surface area contributed by atoms with Crippen molar-refractivity contribution in [1.82, 2.24) is 19.9 Å². The maximum Gasteiger partial charge on any atom is 0.273 e. The number of hydrogen-bond acceptors (Lipinski definition) is 3. The number of rotatable bonds is 5. The molecule has 1 unspecified atom stereocenters. The van der Waals surface area contributed by atoms with E-state index in [2.05, 4.69) is 25.2 Å². The monoisotopic (exact) mass is 379 g/mol. The number of H-pyrrole nitrogens is 1. The summed E-state index contributed by atoms with van der Waals surface area (Å²) in [6.07, 6.45) is 5.48. The van der Waals surface area contributed by atoms with E-state index in [1.54, 1.807) is 6.20 Å². The minimum Gasteiger partial charge on any atom is -0.354 e. The Balaban J connectivity index is 1.65. The molecule has 3 heterocycles. The molecule has 1 atom stereocenters. The van der Waals surface area contributed by atoms with Crippen LogP contribution in [-0.2, 0) is 24.2 Å². The number of para-hydroxylation sites is 1. The predicted octanol–water partition coefficient (Wildman–Crippen LogP) is 3.02. The van der Waals surface area contributed by atoms with Gasteiger partial charge in [-0.15, -0.1) is 0 Å². The van der Waals surface area contributed by atoms with Gasteiger partial charge in [-0.1, -0.05) is 18.2 Å². The lowest BCUT2D eigenvalue weighted by atomic mass is 10.0. The summed E-state index contributed by atoms with van der Waals surface area (Å²) >= 11 is 0. The molecule has 2 aromatic heterocycles. The van der Waals surface area contributed by atoms with Crippen LogP contribution in [0.1, 0.15) is 48.6 Å². The summed E-state index contributed by atoms with van der Waals surface area (Å²) in [5, 5.41) is 6.92. The number of nitrogens with zero attached hydrogens (tertiary/aromatic N) is 2. The van der Waals surface area contributed by atoms with Crippen LogP contribution in [0, 0.1) is 0 Å². The molecule has 0 saturated heterocycles. The maximum atomic E-state index is 13.1. The Morgan fingerprint density at radius 3 is 2.93 bits per heavy atom. The number of aryl methyl sites for hydroxylation is 1. The summed E-state index contributed by atoms with van der Waals surface area (Å²) in [6, 6.07) is 7.77. The van der Waals surface area contributed by atoms with E-state index >= 15 is 0 Å². The van der Waals surface area contributed by atoms with Crippen LogP contribution in [0.25, 0.3) is 10.9 Å². The van der Waals surface area contributed by atoms with Gasteiger partial charge in [0, 0.05) is 36.8 Å². The van der Waals surface area contributed by atoms with Crippen LogP contribution in [0.15, 0.2) is 30.5 Å². The molecule has 4 rings (SSSR count). The van der Waals surface area contributed by atoms with Crippen LogP contribution in [-0.4, -0.2) is 32.4 Å². The quantitative estimate of drug-likeness (QED) is 0.636. The van der Waals surface area contributed by atoms with E-state index in [0.717, 1.165) is 53.9 Å². The van der Waals surface area contributed by atoms with Crippen molar-refractivity contribution in [2.75, 3.05) is 5.32 Å². The highest BCUT2D eigenvalue weighted by Gasteiger charge is 2.22. The third kappa shape index (κ3) is 3.52. The summed E-state index contributed by atoms with van der Waals surface area (Å²) in [5.41, 5.74) is 2.35. The van der Waals surface area contributed by atoms with Crippen molar-refractivity contribution in [3.05, 3.63) is 47.5 Å². The van der Waals surface area contributed by atoms with Gasteiger partial charge in [-0.3, -0.25) is 9.59 Å². The SMILES string of the molecule is CC(=O)NC(C)Cc1c(C(=O)Nc2cnc3n2CCCC3)[nH]c2ccccc12. The molecule has 3 N–H and O–H groups in total. The molecule has 1 aliphatic rings. The molecule has 1 aliphatic heterocycles. The summed E-state index contributed by atoms with van der Waals surface area (Å²) in [5.74, 6) is 1.50. The number of anilines is 1. The fourth-order valence-corrected chi connectivity index (χ4v) is 4.00. The minimum atomic E-state index is -0.186. The fraction of sp³-hybridized carbons (Fsp3) is 0.381. The van der Waals surface area contributed by atoms with Gasteiger partial charge in [-0.2, -0.15) is 0 Å². The molecule has 0 radical (unpaired) electrons. The Kier molecular flexibility index (Phi) is 4.90. The number of amides is 2. The topological polar surface area (TPSA) is 91.8 Å². The maximum absolute atomic E-state index is 13.1. The van der Waals surface area contributed by atoms with Crippen LogP contribution in [0.3, 0.4) is 0 Å². The normalized spacial score (nSPS) is 14.5. The molecule has 0 spiro atoms. The molecule has 28 heavy (non-hydrogen) atoms. The van der Waals surface area contributed by atoms with Gasteiger partial charge in [-0.25, -0.2) is 4.98 Å². The standard InChI is InChI=1S/C21H25N5O2/c1-13(23-14(2)27)11-16-15-7-3-4-8-17(15)24-20(16)21(28)25-19-12-22-18-9-5-6-10-26(18)19/h3-4,7-8,12-13,24H,5-6,9-11H2,1-2H3,(H,23,27)(H,25,28). The largest absolute Gasteiger partial charge is 0.354 e. The molecule has 146 valence electrons. The number of fused-ring (bicyclic) bond motifs is 2. The number of nitrogens with one attached hydrogen (secondary N) is 3. The highest BCUT2D eigenvalue weighted by molar-refractivity contribution is 6.07. The first-order valence-corrected chi connectivity index (χ1v) is 9.75. The first-order valence-electron chi connectivity index (χ1n) is 9.75. The van der Waals surface area contributed by atoms with Crippen LogP contribution in [0.5, 0.6) is 0 Å². The third-order valence-electron chi connectivity index (χ3n) is 5.21. The van der Waals surface area contributed by atoms with Gasteiger partial charge in [0.1, 0.15) is 17.3 Å². The smallest absolute Gasteiger partial charge is 0.273 e. The zero-order chi connectivity index (χ0) is 19.7. The van der Waals surface area contributed by atoms with Crippen LogP contribution >= 0.6 is 0 Å². The highest BCUT2D eigenvalue weighted by Crippen LogP contribution is 2.26. The van der Waals surface area contributed by atoms with Crippen molar-refractivity contribution in [3.8, 4) is 0 Å². The van der Waals surface area contributed by atoms with E-state index in [0.29, 0.717) is 12.1 Å². The minimum absolute atomic E-state index is 0.0778. The second-order valence-electron chi connectivity index (χ2n) is 7.45. The molecule has 0 saturated carbocycles. The summed E-state index contributed by atoms with van der Waals surface area (Å²) in [6.45, 7) is 4.32. The van der Waals surface area contributed by atoms with E-state index in [-0.39, 0.29) is 17.9 Å². The Morgan fingerprint density at radius 2 is 2.11 bits per heavy atom. The number of carbonyl (C=O) groups excluding carboxylic acids is 2. The molecule has 1 aromatic carbocycles. The van der Waals surface area contributed by atoms with Crippen molar-refractivity contribution in [2.24, 2.45) is 0 Å². The van der Waals surface area contributed by atoms with Crippen LogP contribution in [0.2, 0.25) is 0 Å². The molecule has 7 heteroatoms. The average molecular weight is 379 g/mol. The van der Waals surface area contributed by atoms with Crippen molar-refractivity contribution in [1.29, 1.82) is 0 Å². The van der Waals surface area contributed by atoms with E-state index in [9.17, 15) is 9.59 Å². The number of hydrogen-bond donors (Lipinski definition) is 3. The van der Waals surface area contributed by atoms with E-state index in [1.807, 2.05) is 31.2 Å². The molecule has 0 aliphatic carbocycles. The summed E-state index contributed by atoms with van der Waals surface area (Å²) in [7, 11) is 0. The predicted molar refractivity (Wildman–Crippen MR) is 108 cm³/mol. The number of aromatic nitrogens is 3. The van der Waals surface area contributed by atoms with Gasteiger partial charge in [-0.05, 0) is 37.8 Å². The Labute approximate surface area is 163 Å². The lowest BCUT2D eigenvalue weighted by Gasteiger charge is -2.17. The number of benzene rings is 1. The van der Waals surface area contributed by atoms with Gasteiger partial charge in [0.2, 0.25) is 5.91 Å². The number of aromatic amines is 1. The summed E-state index contributed by atoms with van der Waals surface area (Å²) < 4.78 is 2.09. The van der Waals surface area contributed by atoms with Crippen molar-refractivity contribution < 1.29 is 9.59 Å². The Morgan fingerprint density at radius 1 is 1.29 bits per heavy atom. The highest BCUT2D eigenvalue weighted by atomic mass is 16.2. The molecule has 0 fully saturated rings. The molecule has 2 amide bonds. The molecular formula is C21H25N5O2. The second kappa shape index (κ2) is 7.50. The first kappa shape index (κ1) is 18.3. The zero-order valence-electron chi connectivity index (χ0n) is 16.2. The molecule has 7 nitrogen and oxygen atoms in total. The molecule has 0 bridgehead atoms. The zero-order valence-corrected chi connectivity index (χ0v) is 16.2. The van der Waals surface area contributed by atoms with Gasteiger partial charge in [0.05, 0.1) is 6.20 Å². The first-order chi connectivity index (χ1) is 13.5. The van der Waals surface area contributed by atoms with Crippen molar-refractivity contribution >= 4 is 28.5 Å². The average Bonchev–Trinajstić information content (AvgIpc) is 3.23. The lowest BCUT2D eigenvalue weighted by molar-refractivity contribution is -0.119. The third-order valence-corrected chi connectivity index (χ3v) is 5.21. The van der Waals surface area contributed by atoms with E-state index < -0.39 is 0 Å².